The van der Waals surface area contributed by atoms with E-state index in [1.807, 2.05) is 18.2 Å². The quantitative estimate of drug-likeness (QED) is 0.443. The third kappa shape index (κ3) is 5.64. The maximum Gasteiger partial charge on any atom is 0.307 e. The van der Waals surface area contributed by atoms with E-state index in [-0.39, 0.29) is 18.6 Å². The van der Waals surface area contributed by atoms with Gasteiger partial charge in [-0.25, -0.2) is 13.4 Å². The lowest BCUT2D eigenvalue weighted by Crippen LogP contribution is -2.24. The van der Waals surface area contributed by atoms with Gasteiger partial charge in [-0.05, 0) is 43.3 Å². The highest BCUT2D eigenvalue weighted by Crippen LogP contribution is 2.17. The van der Waals surface area contributed by atoms with E-state index >= 15 is 0 Å². The van der Waals surface area contributed by atoms with Crippen molar-refractivity contribution in [1.82, 2.24) is 4.98 Å². The van der Waals surface area contributed by atoms with E-state index in [0.717, 1.165) is 6.26 Å². The van der Waals surface area contributed by atoms with Crippen LogP contribution in [0.1, 0.15) is 29.6 Å². The summed E-state index contributed by atoms with van der Waals surface area (Å²) in [7, 11) is -3.40. The number of carbonyl (C=O) groups excluding carboxylic acids is 2. The Morgan fingerprint density at radius 2 is 1.83 bits per heavy atom. The molecule has 1 aromatic heterocycles. The lowest BCUT2D eigenvalue weighted by Gasteiger charge is -2.12. The van der Waals surface area contributed by atoms with Crippen LogP contribution in [0.25, 0.3) is 11.1 Å². The van der Waals surface area contributed by atoms with E-state index in [1.54, 1.807) is 6.07 Å². The maximum atomic E-state index is 12.4. The van der Waals surface area contributed by atoms with Crippen molar-refractivity contribution in [2.24, 2.45) is 0 Å². The van der Waals surface area contributed by atoms with E-state index in [0.29, 0.717) is 28.2 Å². The number of rotatable bonds is 8. The number of ketones is 1. The minimum atomic E-state index is -3.40. The molecule has 2 aromatic carbocycles. The number of hydrogen-bond acceptors (Lipinski definition) is 7. The third-order valence-corrected chi connectivity index (χ3v) is 4.64. The molecule has 1 atom stereocenters. The van der Waals surface area contributed by atoms with Crippen molar-refractivity contribution < 1.29 is 27.2 Å². The van der Waals surface area contributed by atoms with Crippen molar-refractivity contribution in [3.63, 3.8) is 0 Å². The normalized spacial score (nSPS) is 12.5. The number of hydrogen-bond donors (Lipinski definition) is 1. The highest BCUT2D eigenvalue weighted by Gasteiger charge is 2.20. The van der Waals surface area contributed by atoms with Gasteiger partial charge in [0.05, 0.1) is 12.7 Å². The van der Waals surface area contributed by atoms with Gasteiger partial charge in [-0.2, -0.15) is 0 Å². The SMILES string of the molecule is C[C@H](OC(=O)CCc1nc2ccccc2o1)C(=O)c1ccc(NS(C)(=O)=O)cc1. The molecule has 0 spiro atoms. The summed E-state index contributed by atoms with van der Waals surface area (Å²) in [5.74, 6) is -0.495. The van der Waals surface area contributed by atoms with Gasteiger partial charge >= 0.3 is 5.97 Å². The maximum absolute atomic E-state index is 12.4. The summed E-state index contributed by atoms with van der Waals surface area (Å²) in [6, 6.07) is 13.2. The number of benzene rings is 2. The predicted molar refractivity (Wildman–Crippen MR) is 107 cm³/mol. The summed E-state index contributed by atoms with van der Waals surface area (Å²) < 4.78 is 35.5. The summed E-state index contributed by atoms with van der Waals surface area (Å²) in [6.07, 6.45) is 0.357. The molecule has 3 aromatic rings. The van der Waals surface area contributed by atoms with Gasteiger partial charge in [-0.3, -0.25) is 14.3 Å². The van der Waals surface area contributed by atoms with E-state index in [9.17, 15) is 18.0 Å². The monoisotopic (exact) mass is 416 g/mol. The molecule has 0 fully saturated rings. The van der Waals surface area contributed by atoms with Crippen LogP contribution in [0.5, 0.6) is 0 Å². The molecule has 1 heterocycles. The van der Waals surface area contributed by atoms with Crippen molar-refractivity contribution in [2.75, 3.05) is 11.0 Å². The smallest absolute Gasteiger partial charge is 0.307 e. The zero-order chi connectivity index (χ0) is 21.0. The number of carbonyl (C=O) groups is 2. The first kappa shape index (κ1) is 20.5. The Hall–Kier alpha value is -3.20. The number of Topliss-reactive ketones (excluding diaryl/α,β-unsaturated/α-hetero) is 1. The summed E-state index contributed by atoms with van der Waals surface area (Å²) >= 11 is 0. The van der Waals surface area contributed by atoms with Crippen LogP contribution in [0, 0.1) is 0 Å². The van der Waals surface area contributed by atoms with E-state index < -0.39 is 22.1 Å². The van der Waals surface area contributed by atoms with Crippen LogP contribution in [-0.4, -0.2) is 37.5 Å². The average molecular weight is 416 g/mol. The van der Waals surface area contributed by atoms with E-state index in [1.165, 1.54) is 31.2 Å². The Labute approximate surface area is 167 Å². The Kier molecular flexibility index (Phi) is 5.97. The fraction of sp³-hybridized carbons (Fsp3) is 0.250. The van der Waals surface area contributed by atoms with Crippen LogP contribution in [0.3, 0.4) is 0 Å². The van der Waals surface area contributed by atoms with Crippen molar-refractivity contribution in [1.29, 1.82) is 0 Å². The molecule has 0 bridgehead atoms. The summed E-state index contributed by atoms with van der Waals surface area (Å²) in [5.41, 5.74) is 2.01. The number of esters is 1. The second kappa shape index (κ2) is 8.44. The molecule has 0 saturated carbocycles. The number of para-hydroxylation sites is 2. The standard InChI is InChI=1S/C20H20N2O6S/c1-13(20(24)14-7-9-15(10-8-14)22-29(2,25)26)27-19(23)12-11-18-21-16-5-3-4-6-17(16)28-18/h3-10,13,22H,11-12H2,1-2H3/t13-/m0/s1. The molecule has 0 radical (unpaired) electrons. The van der Waals surface area contributed by atoms with Crippen LogP contribution < -0.4 is 4.72 Å². The molecular formula is C20H20N2O6S. The number of fused-ring (bicyclic) bond motifs is 1. The second-order valence-electron chi connectivity index (χ2n) is 6.52. The minimum Gasteiger partial charge on any atom is -0.454 e. The van der Waals surface area contributed by atoms with Crippen molar-refractivity contribution in [3.05, 3.63) is 60.0 Å². The number of oxazole rings is 1. The number of aryl methyl sites for hydroxylation is 1. The molecule has 0 aliphatic heterocycles. The van der Waals surface area contributed by atoms with Crippen molar-refractivity contribution >= 4 is 38.6 Å². The van der Waals surface area contributed by atoms with Crippen LogP contribution in [0.4, 0.5) is 5.69 Å². The number of nitrogens with one attached hydrogen (secondary N) is 1. The number of ether oxygens (including phenoxy) is 1. The first-order chi connectivity index (χ1) is 13.7. The predicted octanol–water partition coefficient (Wildman–Crippen LogP) is 2.95. The fourth-order valence-corrected chi connectivity index (χ4v) is 3.26. The number of nitrogens with zero attached hydrogens (tertiary/aromatic N) is 1. The summed E-state index contributed by atoms with van der Waals surface area (Å²) in [4.78, 5) is 28.8. The van der Waals surface area contributed by atoms with Crippen molar-refractivity contribution in [2.45, 2.75) is 25.9 Å². The number of anilines is 1. The van der Waals surface area contributed by atoms with Gasteiger partial charge in [0, 0.05) is 17.7 Å². The van der Waals surface area contributed by atoms with Gasteiger partial charge in [-0.1, -0.05) is 12.1 Å². The summed E-state index contributed by atoms with van der Waals surface area (Å²) in [5, 5.41) is 0. The molecule has 0 aliphatic rings. The lowest BCUT2D eigenvalue weighted by atomic mass is 10.1. The topological polar surface area (TPSA) is 116 Å². The Morgan fingerprint density at radius 3 is 2.48 bits per heavy atom. The average Bonchev–Trinajstić information content (AvgIpc) is 3.08. The number of aromatic nitrogens is 1. The van der Waals surface area contributed by atoms with Gasteiger partial charge in [0.1, 0.15) is 5.52 Å². The minimum absolute atomic E-state index is 0.0294. The second-order valence-corrected chi connectivity index (χ2v) is 8.27. The Morgan fingerprint density at radius 1 is 1.14 bits per heavy atom. The molecule has 9 heteroatoms. The fourth-order valence-electron chi connectivity index (χ4n) is 2.70. The first-order valence-electron chi connectivity index (χ1n) is 8.87. The molecule has 152 valence electrons. The van der Waals surface area contributed by atoms with Gasteiger partial charge in [0.2, 0.25) is 15.8 Å². The molecular weight excluding hydrogens is 396 g/mol. The van der Waals surface area contributed by atoms with Crippen LogP contribution >= 0.6 is 0 Å². The van der Waals surface area contributed by atoms with E-state index in [2.05, 4.69) is 9.71 Å². The molecule has 0 saturated heterocycles. The molecule has 8 nitrogen and oxygen atoms in total. The molecule has 3 rings (SSSR count). The lowest BCUT2D eigenvalue weighted by molar-refractivity contribution is -0.146. The number of sulfonamides is 1. The van der Waals surface area contributed by atoms with Gasteiger partial charge in [-0.15, -0.1) is 0 Å². The van der Waals surface area contributed by atoms with Gasteiger partial charge in [0.15, 0.2) is 17.6 Å². The molecule has 0 aliphatic carbocycles. The van der Waals surface area contributed by atoms with Crippen LogP contribution in [-0.2, 0) is 26.0 Å². The third-order valence-electron chi connectivity index (χ3n) is 4.03. The first-order valence-corrected chi connectivity index (χ1v) is 10.8. The zero-order valence-corrected chi connectivity index (χ0v) is 16.7. The van der Waals surface area contributed by atoms with Gasteiger partial charge < -0.3 is 9.15 Å². The van der Waals surface area contributed by atoms with E-state index in [4.69, 9.17) is 9.15 Å². The highest BCUT2D eigenvalue weighted by atomic mass is 32.2. The van der Waals surface area contributed by atoms with Crippen LogP contribution in [0.15, 0.2) is 52.9 Å². The summed E-state index contributed by atoms with van der Waals surface area (Å²) in [6.45, 7) is 1.49. The Bertz CT molecular complexity index is 1100. The molecule has 0 amide bonds. The molecule has 0 unspecified atom stereocenters. The van der Waals surface area contributed by atoms with Crippen LogP contribution in [0.2, 0.25) is 0 Å². The highest BCUT2D eigenvalue weighted by molar-refractivity contribution is 7.92. The van der Waals surface area contributed by atoms with Gasteiger partial charge in [0.25, 0.3) is 0 Å². The zero-order valence-electron chi connectivity index (χ0n) is 15.9. The van der Waals surface area contributed by atoms with Crippen molar-refractivity contribution in [3.8, 4) is 0 Å². The Balaban J connectivity index is 1.53. The molecule has 1 N–H and O–H groups in total. The largest absolute Gasteiger partial charge is 0.454 e. The molecule has 29 heavy (non-hydrogen) atoms.